The SMILES string of the molecule is O=C(O)CCN(Cc1cccc(Cl)c1)C(=O)[C@@H]1CC[C@H](Nc2ccc(F)cc2)[C@@H](O)CC1. The van der Waals surface area contributed by atoms with Crippen molar-refractivity contribution >= 4 is 29.2 Å². The number of benzene rings is 2. The number of carbonyl (C=O) groups is 2. The molecule has 3 rings (SSSR count). The van der Waals surface area contributed by atoms with Crippen molar-refractivity contribution in [2.75, 3.05) is 11.9 Å². The summed E-state index contributed by atoms with van der Waals surface area (Å²) in [6.45, 7) is 0.389. The lowest BCUT2D eigenvalue weighted by molar-refractivity contribution is -0.140. The molecule has 172 valence electrons. The summed E-state index contributed by atoms with van der Waals surface area (Å²) in [4.78, 5) is 26.0. The van der Waals surface area contributed by atoms with Gasteiger partial charge in [0.25, 0.3) is 0 Å². The number of nitrogens with one attached hydrogen (secondary N) is 1. The first-order valence-corrected chi connectivity index (χ1v) is 11.1. The number of hydrogen-bond acceptors (Lipinski definition) is 4. The molecule has 0 heterocycles. The van der Waals surface area contributed by atoms with Gasteiger partial charge in [0.1, 0.15) is 5.82 Å². The normalized spacial score (nSPS) is 20.9. The number of amides is 1. The van der Waals surface area contributed by atoms with Crippen molar-refractivity contribution in [1.29, 1.82) is 0 Å². The van der Waals surface area contributed by atoms with Gasteiger partial charge in [0, 0.05) is 29.7 Å². The van der Waals surface area contributed by atoms with E-state index in [1.807, 2.05) is 6.07 Å². The third-order valence-electron chi connectivity index (χ3n) is 5.82. The number of nitrogens with zero attached hydrogens (tertiary/aromatic N) is 1. The lowest BCUT2D eigenvalue weighted by Gasteiger charge is -2.27. The van der Waals surface area contributed by atoms with Crippen LogP contribution in [0.3, 0.4) is 0 Å². The highest BCUT2D eigenvalue weighted by Gasteiger charge is 2.31. The zero-order valence-corrected chi connectivity index (χ0v) is 18.5. The molecule has 0 aliphatic heterocycles. The topological polar surface area (TPSA) is 89.9 Å². The predicted molar refractivity (Wildman–Crippen MR) is 121 cm³/mol. The van der Waals surface area contributed by atoms with Gasteiger partial charge in [0.15, 0.2) is 0 Å². The average Bonchev–Trinajstić information content (AvgIpc) is 2.94. The van der Waals surface area contributed by atoms with Crippen LogP contribution >= 0.6 is 11.6 Å². The maximum atomic E-state index is 13.3. The Balaban J connectivity index is 1.67. The Labute approximate surface area is 192 Å². The van der Waals surface area contributed by atoms with Gasteiger partial charge in [-0.15, -0.1) is 0 Å². The quantitative estimate of drug-likeness (QED) is 0.508. The summed E-state index contributed by atoms with van der Waals surface area (Å²) in [6, 6.07) is 12.9. The summed E-state index contributed by atoms with van der Waals surface area (Å²) < 4.78 is 13.2. The van der Waals surface area contributed by atoms with E-state index in [2.05, 4.69) is 5.32 Å². The number of carbonyl (C=O) groups excluding carboxylic acids is 1. The van der Waals surface area contributed by atoms with Crippen LogP contribution in [0.2, 0.25) is 5.02 Å². The molecule has 8 heteroatoms. The van der Waals surface area contributed by atoms with Crippen molar-refractivity contribution in [3.8, 4) is 0 Å². The van der Waals surface area contributed by atoms with Crippen molar-refractivity contribution in [2.45, 2.75) is 50.8 Å². The van der Waals surface area contributed by atoms with Crippen molar-refractivity contribution in [2.24, 2.45) is 5.92 Å². The second-order valence-electron chi connectivity index (χ2n) is 8.21. The van der Waals surface area contributed by atoms with E-state index in [4.69, 9.17) is 16.7 Å². The van der Waals surface area contributed by atoms with E-state index in [0.29, 0.717) is 36.4 Å². The molecule has 0 saturated heterocycles. The second kappa shape index (κ2) is 11.3. The molecule has 1 saturated carbocycles. The fraction of sp³-hybridized carbons (Fsp3) is 0.417. The molecule has 0 unspecified atom stereocenters. The van der Waals surface area contributed by atoms with Gasteiger partial charge in [-0.05, 0) is 67.6 Å². The van der Waals surface area contributed by atoms with E-state index in [1.54, 1.807) is 35.2 Å². The number of aliphatic carboxylic acids is 1. The molecule has 0 radical (unpaired) electrons. The molecule has 3 atom stereocenters. The molecule has 6 nitrogen and oxygen atoms in total. The number of aliphatic hydroxyl groups is 1. The lowest BCUT2D eigenvalue weighted by atomic mass is 9.98. The van der Waals surface area contributed by atoms with Gasteiger partial charge in [-0.2, -0.15) is 0 Å². The van der Waals surface area contributed by atoms with Gasteiger partial charge >= 0.3 is 5.97 Å². The summed E-state index contributed by atoms with van der Waals surface area (Å²) in [5.41, 5.74) is 1.55. The van der Waals surface area contributed by atoms with Gasteiger partial charge in [-0.3, -0.25) is 9.59 Å². The highest BCUT2D eigenvalue weighted by atomic mass is 35.5. The number of hydrogen-bond donors (Lipinski definition) is 3. The molecular weight excluding hydrogens is 435 g/mol. The Morgan fingerprint density at radius 2 is 1.81 bits per heavy atom. The van der Waals surface area contributed by atoms with E-state index in [-0.39, 0.29) is 43.2 Å². The zero-order chi connectivity index (χ0) is 23.1. The first kappa shape index (κ1) is 24.0. The number of carboxylic acid groups (broad SMARTS) is 1. The van der Waals surface area contributed by atoms with Crippen LogP contribution in [0, 0.1) is 11.7 Å². The summed E-state index contributed by atoms with van der Waals surface area (Å²) in [7, 11) is 0. The van der Waals surface area contributed by atoms with Crippen LogP contribution in [-0.4, -0.2) is 45.7 Å². The molecular formula is C24H28ClFN2O4. The van der Waals surface area contributed by atoms with E-state index in [0.717, 1.165) is 5.56 Å². The molecule has 1 aliphatic carbocycles. The van der Waals surface area contributed by atoms with Crippen LogP contribution in [0.5, 0.6) is 0 Å². The highest BCUT2D eigenvalue weighted by molar-refractivity contribution is 6.30. The molecule has 0 bridgehead atoms. The van der Waals surface area contributed by atoms with Crippen molar-refractivity contribution in [1.82, 2.24) is 4.90 Å². The molecule has 1 fully saturated rings. The minimum Gasteiger partial charge on any atom is -0.481 e. The monoisotopic (exact) mass is 462 g/mol. The maximum Gasteiger partial charge on any atom is 0.305 e. The van der Waals surface area contributed by atoms with E-state index in [1.165, 1.54) is 12.1 Å². The number of anilines is 1. The van der Waals surface area contributed by atoms with E-state index in [9.17, 15) is 19.1 Å². The van der Waals surface area contributed by atoms with Gasteiger partial charge in [0.05, 0.1) is 18.6 Å². The molecule has 0 spiro atoms. The van der Waals surface area contributed by atoms with Crippen LogP contribution in [0.4, 0.5) is 10.1 Å². The molecule has 0 aromatic heterocycles. The Morgan fingerprint density at radius 1 is 1.09 bits per heavy atom. The third-order valence-corrected chi connectivity index (χ3v) is 6.05. The highest BCUT2D eigenvalue weighted by Crippen LogP contribution is 2.28. The zero-order valence-electron chi connectivity index (χ0n) is 17.7. The van der Waals surface area contributed by atoms with Crippen molar-refractivity contribution < 1.29 is 24.2 Å². The van der Waals surface area contributed by atoms with Crippen LogP contribution in [0.25, 0.3) is 0 Å². The first-order chi connectivity index (χ1) is 15.3. The summed E-state index contributed by atoms with van der Waals surface area (Å²) in [6.07, 6.45) is 1.31. The van der Waals surface area contributed by atoms with Crippen LogP contribution in [-0.2, 0) is 16.1 Å². The molecule has 2 aromatic carbocycles. The Bertz CT molecular complexity index is 924. The Kier molecular flexibility index (Phi) is 8.47. The number of aliphatic hydroxyl groups excluding tert-OH is 1. The standard InChI is InChI=1S/C24H28ClFN2O4/c25-18-3-1-2-16(14-18)15-28(13-12-23(30)31)24(32)17-4-10-21(22(29)11-5-17)27-20-8-6-19(26)7-9-20/h1-3,6-9,14,17,21-22,27,29H,4-5,10-13,15H2,(H,30,31)/t17-,21+,22+/m1/s1. The van der Waals surface area contributed by atoms with Gasteiger partial charge in [-0.1, -0.05) is 23.7 Å². The minimum absolute atomic E-state index is 0.108. The van der Waals surface area contributed by atoms with E-state index >= 15 is 0 Å². The Hall–Kier alpha value is -2.64. The minimum atomic E-state index is -0.964. The van der Waals surface area contributed by atoms with E-state index < -0.39 is 12.1 Å². The van der Waals surface area contributed by atoms with Crippen molar-refractivity contribution in [3.05, 3.63) is 64.9 Å². The second-order valence-corrected chi connectivity index (χ2v) is 8.65. The summed E-state index contributed by atoms with van der Waals surface area (Å²) >= 11 is 6.06. The first-order valence-electron chi connectivity index (χ1n) is 10.8. The van der Waals surface area contributed by atoms with Crippen LogP contribution in [0.15, 0.2) is 48.5 Å². The molecule has 1 amide bonds. The third kappa shape index (κ3) is 6.93. The maximum absolute atomic E-state index is 13.3. The smallest absolute Gasteiger partial charge is 0.305 e. The van der Waals surface area contributed by atoms with Crippen molar-refractivity contribution in [3.63, 3.8) is 0 Å². The summed E-state index contributed by atoms with van der Waals surface area (Å²) in [5.74, 6) is -1.71. The fourth-order valence-electron chi connectivity index (χ4n) is 4.08. The van der Waals surface area contributed by atoms with Gasteiger partial charge in [-0.25, -0.2) is 4.39 Å². The molecule has 1 aliphatic rings. The van der Waals surface area contributed by atoms with Crippen LogP contribution in [0.1, 0.15) is 37.7 Å². The summed E-state index contributed by atoms with van der Waals surface area (Å²) in [5, 5.41) is 23.5. The fourth-order valence-corrected chi connectivity index (χ4v) is 4.29. The average molecular weight is 463 g/mol. The van der Waals surface area contributed by atoms with Crippen LogP contribution < -0.4 is 5.32 Å². The molecule has 3 N–H and O–H groups in total. The molecule has 2 aromatic rings. The van der Waals surface area contributed by atoms with Gasteiger partial charge < -0.3 is 20.4 Å². The largest absolute Gasteiger partial charge is 0.481 e. The van der Waals surface area contributed by atoms with Gasteiger partial charge in [0.2, 0.25) is 5.91 Å². The lowest BCUT2D eigenvalue weighted by Crippen LogP contribution is -2.37. The predicted octanol–water partition coefficient (Wildman–Crippen LogP) is 4.31. The molecule has 32 heavy (non-hydrogen) atoms. The number of carboxylic acids is 1. The number of rotatable bonds is 8. The Morgan fingerprint density at radius 3 is 2.50 bits per heavy atom. The number of halogens is 2.